The van der Waals surface area contributed by atoms with E-state index in [2.05, 4.69) is 0 Å². The van der Waals surface area contributed by atoms with Crippen molar-refractivity contribution in [2.75, 3.05) is 76.3 Å². The van der Waals surface area contributed by atoms with Gasteiger partial charge in [0.25, 0.3) is 0 Å². The number of halogens is 8. The van der Waals surface area contributed by atoms with Crippen LogP contribution in [0.1, 0.15) is 12.8 Å². The number of piperazine rings is 2. The van der Waals surface area contributed by atoms with Crippen LogP contribution in [0.4, 0.5) is 46.5 Å². The molecule has 2 aliphatic heterocycles. The summed E-state index contributed by atoms with van der Waals surface area (Å²) in [6.07, 6.45) is 8.68. The van der Waals surface area contributed by atoms with Crippen molar-refractivity contribution < 1.29 is 51.7 Å². The molecule has 4 nitrogen and oxygen atoms in total. The molecule has 4 aliphatic rings. The Morgan fingerprint density at radius 1 is 0.467 bits per heavy atom. The maximum atomic E-state index is 16.6. The van der Waals surface area contributed by atoms with E-state index in [0.29, 0.717) is 26.2 Å². The Labute approximate surface area is 259 Å². The van der Waals surface area contributed by atoms with Gasteiger partial charge in [-0.15, -0.1) is 0 Å². The van der Waals surface area contributed by atoms with Gasteiger partial charge in [0, 0.05) is 0 Å². The monoisotopic (exact) mass is 672 g/mol. The van der Waals surface area contributed by atoms with Crippen LogP contribution in [0.3, 0.4) is 0 Å². The van der Waals surface area contributed by atoms with Crippen molar-refractivity contribution in [3.8, 4) is 0 Å². The zero-order chi connectivity index (χ0) is 32.2. The first-order valence-electron chi connectivity index (χ1n) is 14.8. The molecule has 2 aliphatic carbocycles. The zero-order valence-corrected chi connectivity index (χ0v) is 26.4. The average molecular weight is 672 g/mol. The van der Waals surface area contributed by atoms with Crippen LogP contribution in [0.2, 0.25) is 0 Å². The summed E-state index contributed by atoms with van der Waals surface area (Å²) in [5.74, 6) is -14.1. The van der Waals surface area contributed by atoms with Crippen molar-refractivity contribution in [2.24, 2.45) is 0 Å². The normalized spacial score (nSPS) is 19.6. The van der Waals surface area contributed by atoms with E-state index in [0.717, 1.165) is 0 Å². The van der Waals surface area contributed by atoms with Crippen molar-refractivity contribution in [2.45, 2.75) is 12.8 Å². The van der Waals surface area contributed by atoms with E-state index in [1.165, 1.54) is 34.1 Å². The quantitative estimate of drug-likeness (QED) is 0.241. The topological polar surface area (TPSA) is 13.0 Å². The predicted octanol–water partition coefficient (Wildman–Crippen LogP) is 5.10. The van der Waals surface area contributed by atoms with Crippen LogP contribution >= 0.6 is 0 Å². The molecule has 2 aromatic rings. The molecular weight excluding hydrogens is 640 g/mol. The van der Waals surface area contributed by atoms with Gasteiger partial charge in [0.2, 0.25) is 0 Å². The molecule has 2 heterocycles. The molecule has 2 aromatic carbocycles. The SMILES string of the molecule is CN1CCN(c2c(F)c(F)[c]([Ti]([C]3=CC=CC3)([C]3=CC=CC3)[c]3c(F)c(F)c(N4CCN(C)CC4)c(F)c3F)c(F)c2F)CC1. The van der Waals surface area contributed by atoms with Gasteiger partial charge in [0.1, 0.15) is 0 Å². The van der Waals surface area contributed by atoms with E-state index in [1.807, 2.05) is 9.80 Å². The number of allylic oxidation sites excluding steroid dienone is 8. The molecule has 0 spiro atoms. The Morgan fingerprint density at radius 3 is 1.04 bits per heavy atom. The third kappa shape index (κ3) is 5.08. The average Bonchev–Trinajstić information content (AvgIpc) is 3.76. The summed E-state index contributed by atoms with van der Waals surface area (Å²) in [6.45, 7) is 1.79. The predicted molar refractivity (Wildman–Crippen MR) is 155 cm³/mol. The summed E-state index contributed by atoms with van der Waals surface area (Å²) in [7, 11) is 3.58. The van der Waals surface area contributed by atoms with Gasteiger partial charge in [-0.3, -0.25) is 0 Å². The van der Waals surface area contributed by atoms with Crippen molar-refractivity contribution in [1.82, 2.24) is 9.80 Å². The molecule has 13 heteroatoms. The summed E-state index contributed by atoms with van der Waals surface area (Å²) in [5, 5.41) is 0. The Kier molecular flexibility index (Phi) is 8.79. The van der Waals surface area contributed by atoms with Gasteiger partial charge in [-0.05, 0) is 0 Å². The van der Waals surface area contributed by atoms with E-state index in [4.69, 9.17) is 0 Å². The molecule has 0 amide bonds. The van der Waals surface area contributed by atoms with Crippen LogP contribution in [-0.2, 0) is 16.6 Å². The second kappa shape index (κ2) is 12.4. The van der Waals surface area contributed by atoms with E-state index >= 15 is 35.1 Å². The standard InChI is InChI=1S/2C11H11F4N2.2C5H5.Ti/c2*1-16-2-4-17(5-3-16)11-9(14)7(12)6-8(13)10(11)15;2*1-2-4-5-3-1;/h2*2-5H2,1H3;2*1-3H,4H2;. The molecule has 240 valence electrons. The van der Waals surface area contributed by atoms with Crippen LogP contribution in [0.25, 0.3) is 0 Å². The van der Waals surface area contributed by atoms with E-state index in [1.54, 1.807) is 26.2 Å². The fourth-order valence-electron chi connectivity index (χ4n) is 6.94. The third-order valence-corrected chi connectivity index (χ3v) is 17.3. The fourth-order valence-corrected chi connectivity index (χ4v) is 15.1. The number of anilines is 2. The molecule has 2 fully saturated rings. The Morgan fingerprint density at radius 2 is 0.778 bits per heavy atom. The van der Waals surface area contributed by atoms with Crippen LogP contribution in [0, 0.1) is 46.5 Å². The van der Waals surface area contributed by atoms with Gasteiger partial charge < -0.3 is 0 Å². The summed E-state index contributed by atoms with van der Waals surface area (Å²) in [4.78, 5) is 6.14. The van der Waals surface area contributed by atoms with Crippen molar-refractivity contribution in [3.63, 3.8) is 0 Å². The van der Waals surface area contributed by atoms with Crippen LogP contribution in [0.15, 0.2) is 44.2 Å². The fraction of sp³-hybridized carbons (Fsp3) is 0.375. The van der Waals surface area contributed by atoms with Crippen LogP contribution in [0.5, 0.6) is 0 Å². The summed E-state index contributed by atoms with van der Waals surface area (Å²) >= 11 is -5.87. The molecule has 0 unspecified atom stereocenters. The number of rotatable bonds is 6. The minimum absolute atomic E-state index is 0.0761. The number of benzene rings is 2. The molecule has 6 rings (SSSR count). The Bertz CT molecular complexity index is 1470. The molecule has 0 atom stereocenters. The molecular formula is C32H32F8N4Ti. The maximum absolute atomic E-state index is 16.6. The summed E-state index contributed by atoms with van der Waals surface area (Å²) in [5.41, 5.74) is -1.84. The third-order valence-electron chi connectivity index (χ3n) is 9.38. The second-order valence-corrected chi connectivity index (χ2v) is 17.8. The Hall–Kier alpha value is -2.93. The number of hydrogen-bond donors (Lipinski definition) is 0. The molecule has 0 bridgehead atoms. The molecule has 0 saturated carbocycles. The molecule has 2 saturated heterocycles. The molecule has 0 N–H and O–H groups in total. The van der Waals surface area contributed by atoms with Crippen molar-refractivity contribution in [1.29, 1.82) is 0 Å². The number of hydrogen-bond acceptors (Lipinski definition) is 4. The van der Waals surface area contributed by atoms with E-state index in [-0.39, 0.29) is 46.8 Å². The number of likely N-dealkylation sites (N-methyl/N-ethyl adjacent to an activating group) is 2. The van der Waals surface area contributed by atoms with Gasteiger partial charge >= 0.3 is 260 Å². The van der Waals surface area contributed by atoms with Gasteiger partial charge in [0.05, 0.1) is 0 Å². The summed E-state index contributed by atoms with van der Waals surface area (Å²) in [6, 6.07) is 0. The van der Waals surface area contributed by atoms with Gasteiger partial charge in [-0.1, -0.05) is 0 Å². The first-order chi connectivity index (χ1) is 21.5. The number of nitrogens with zero attached hydrogens (tertiary/aromatic N) is 4. The van der Waals surface area contributed by atoms with Gasteiger partial charge in [-0.25, -0.2) is 0 Å². The second-order valence-electron chi connectivity index (χ2n) is 11.9. The van der Waals surface area contributed by atoms with E-state index in [9.17, 15) is 0 Å². The first-order valence-corrected chi connectivity index (χ1v) is 17.9. The van der Waals surface area contributed by atoms with Gasteiger partial charge in [-0.2, -0.15) is 0 Å². The van der Waals surface area contributed by atoms with Crippen molar-refractivity contribution in [3.05, 3.63) is 90.7 Å². The zero-order valence-electron chi connectivity index (χ0n) is 24.8. The molecule has 0 aromatic heterocycles. The van der Waals surface area contributed by atoms with E-state index < -0.39 is 82.2 Å². The van der Waals surface area contributed by atoms with Gasteiger partial charge in [0.15, 0.2) is 0 Å². The van der Waals surface area contributed by atoms with Crippen LogP contribution < -0.4 is 17.5 Å². The molecule has 45 heavy (non-hydrogen) atoms. The van der Waals surface area contributed by atoms with Crippen LogP contribution in [-0.4, -0.2) is 76.3 Å². The minimum atomic E-state index is -5.87. The molecule has 0 radical (unpaired) electrons. The first kappa shape index (κ1) is 32.0. The summed E-state index contributed by atoms with van der Waals surface area (Å²) < 4.78 is 128. The van der Waals surface area contributed by atoms with Crippen molar-refractivity contribution >= 4 is 19.1 Å². The Balaban J connectivity index is 1.66.